The van der Waals surface area contributed by atoms with Crippen LogP contribution in [-0.4, -0.2) is 18.2 Å². The number of benzene rings is 1. The minimum absolute atomic E-state index is 0.159. The Morgan fingerprint density at radius 1 is 1.37 bits per heavy atom. The van der Waals surface area contributed by atoms with Crippen molar-refractivity contribution in [1.29, 1.82) is 0 Å². The van der Waals surface area contributed by atoms with Crippen LogP contribution in [0.2, 0.25) is 0 Å². The fourth-order valence-electron chi connectivity index (χ4n) is 1.77. The summed E-state index contributed by atoms with van der Waals surface area (Å²) in [5, 5.41) is 4.08. The minimum atomic E-state index is -3.50. The second kappa shape index (κ2) is 4.93. The highest BCUT2D eigenvalue weighted by Crippen LogP contribution is 2.18. The fourth-order valence-corrected chi connectivity index (χ4v) is 3.05. The van der Waals surface area contributed by atoms with Gasteiger partial charge in [-0.1, -0.05) is 18.2 Å². The van der Waals surface area contributed by atoms with E-state index in [1.165, 1.54) is 0 Å². The number of aromatic nitrogens is 2. The molecule has 6 nitrogen and oxygen atoms in total. The molecule has 102 valence electrons. The van der Waals surface area contributed by atoms with E-state index in [0.717, 1.165) is 0 Å². The van der Waals surface area contributed by atoms with Gasteiger partial charge in [0.2, 0.25) is 10.0 Å². The number of rotatable bonds is 4. The first-order valence-corrected chi connectivity index (χ1v) is 7.37. The van der Waals surface area contributed by atoms with Gasteiger partial charge in [0.05, 0.1) is 17.1 Å². The standard InChI is InChI=1S/C12H16N4O2S/c1-9-12(7-16(2)14-9)15-19(17,18)8-10-5-3-4-6-11(10)13/h3-7,15H,8,13H2,1-2H3. The Labute approximate surface area is 112 Å². The lowest BCUT2D eigenvalue weighted by molar-refractivity contribution is 0.600. The van der Waals surface area contributed by atoms with Gasteiger partial charge in [-0.3, -0.25) is 9.40 Å². The van der Waals surface area contributed by atoms with Crippen LogP contribution in [-0.2, 0) is 22.8 Å². The molecule has 0 aliphatic rings. The topological polar surface area (TPSA) is 90.0 Å². The maximum absolute atomic E-state index is 12.1. The van der Waals surface area contributed by atoms with Crippen LogP contribution in [0.3, 0.4) is 0 Å². The van der Waals surface area contributed by atoms with E-state index in [9.17, 15) is 8.42 Å². The van der Waals surface area contributed by atoms with E-state index in [1.807, 2.05) is 0 Å². The predicted octanol–water partition coefficient (Wildman–Crippen LogP) is 1.25. The second-order valence-corrected chi connectivity index (χ2v) is 6.08. The highest BCUT2D eigenvalue weighted by Gasteiger charge is 2.15. The van der Waals surface area contributed by atoms with Gasteiger partial charge in [0.1, 0.15) is 0 Å². The fraction of sp³-hybridized carbons (Fsp3) is 0.250. The molecule has 0 radical (unpaired) electrons. The predicted molar refractivity (Wildman–Crippen MR) is 75.0 cm³/mol. The van der Waals surface area contributed by atoms with Crippen LogP contribution in [0.5, 0.6) is 0 Å². The van der Waals surface area contributed by atoms with Crippen molar-refractivity contribution in [3.05, 3.63) is 41.7 Å². The van der Waals surface area contributed by atoms with E-state index in [0.29, 0.717) is 22.6 Å². The van der Waals surface area contributed by atoms with Crippen LogP contribution in [0, 0.1) is 6.92 Å². The summed E-state index contributed by atoms with van der Waals surface area (Å²) >= 11 is 0. The molecule has 0 unspecified atom stereocenters. The van der Waals surface area contributed by atoms with E-state index in [1.54, 1.807) is 49.1 Å². The molecule has 0 saturated heterocycles. The Morgan fingerprint density at radius 2 is 2.05 bits per heavy atom. The van der Waals surface area contributed by atoms with Crippen LogP contribution >= 0.6 is 0 Å². The maximum Gasteiger partial charge on any atom is 0.237 e. The molecule has 0 atom stereocenters. The number of anilines is 2. The van der Waals surface area contributed by atoms with Crippen LogP contribution in [0.1, 0.15) is 11.3 Å². The summed E-state index contributed by atoms with van der Waals surface area (Å²) in [6, 6.07) is 6.91. The molecule has 0 bridgehead atoms. The highest BCUT2D eigenvalue weighted by atomic mass is 32.2. The van der Waals surface area contributed by atoms with Crippen molar-refractivity contribution in [2.45, 2.75) is 12.7 Å². The van der Waals surface area contributed by atoms with Gasteiger partial charge >= 0.3 is 0 Å². The molecule has 2 rings (SSSR count). The van der Waals surface area contributed by atoms with Gasteiger partial charge in [-0.25, -0.2) is 8.42 Å². The van der Waals surface area contributed by atoms with Gasteiger partial charge in [-0.2, -0.15) is 5.10 Å². The number of aryl methyl sites for hydroxylation is 2. The average molecular weight is 280 g/mol. The molecule has 0 amide bonds. The normalized spacial score (nSPS) is 11.5. The summed E-state index contributed by atoms with van der Waals surface area (Å²) in [5.41, 5.74) is 7.91. The zero-order valence-electron chi connectivity index (χ0n) is 10.8. The third kappa shape index (κ3) is 3.25. The van der Waals surface area contributed by atoms with Gasteiger partial charge in [0.15, 0.2) is 0 Å². The largest absolute Gasteiger partial charge is 0.398 e. The Balaban J connectivity index is 2.20. The first kappa shape index (κ1) is 13.4. The molecule has 3 N–H and O–H groups in total. The van der Waals surface area contributed by atoms with Gasteiger partial charge in [0, 0.05) is 18.9 Å². The number of nitrogens with one attached hydrogen (secondary N) is 1. The molecule has 1 aromatic heterocycles. The van der Waals surface area contributed by atoms with Crippen molar-refractivity contribution in [1.82, 2.24) is 9.78 Å². The zero-order chi connectivity index (χ0) is 14.0. The molecular formula is C12H16N4O2S. The highest BCUT2D eigenvalue weighted by molar-refractivity contribution is 7.91. The van der Waals surface area contributed by atoms with Crippen molar-refractivity contribution in [2.75, 3.05) is 10.5 Å². The lowest BCUT2D eigenvalue weighted by Gasteiger charge is -2.08. The second-order valence-electron chi connectivity index (χ2n) is 4.36. The summed E-state index contributed by atoms with van der Waals surface area (Å²) in [7, 11) is -1.77. The average Bonchev–Trinajstić information content (AvgIpc) is 2.59. The third-order valence-corrected chi connectivity index (χ3v) is 3.90. The summed E-state index contributed by atoms with van der Waals surface area (Å²) < 4.78 is 28.2. The van der Waals surface area contributed by atoms with E-state index in [4.69, 9.17) is 5.73 Å². The van der Waals surface area contributed by atoms with Crippen molar-refractivity contribution >= 4 is 21.4 Å². The first-order chi connectivity index (χ1) is 8.87. The number of nitrogen functional groups attached to an aromatic ring is 1. The minimum Gasteiger partial charge on any atom is -0.398 e. The molecule has 1 aromatic carbocycles. The molecule has 19 heavy (non-hydrogen) atoms. The van der Waals surface area contributed by atoms with Gasteiger partial charge in [0.25, 0.3) is 0 Å². The summed E-state index contributed by atoms with van der Waals surface area (Å²) in [4.78, 5) is 0. The quantitative estimate of drug-likeness (QED) is 0.825. The summed E-state index contributed by atoms with van der Waals surface area (Å²) in [5.74, 6) is -0.159. The maximum atomic E-state index is 12.1. The van der Waals surface area contributed by atoms with E-state index in [2.05, 4.69) is 9.82 Å². The first-order valence-electron chi connectivity index (χ1n) is 5.71. The number of sulfonamides is 1. The summed E-state index contributed by atoms with van der Waals surface area (Å²) in [6.07, 6.45) is 1.63. The molecule has 0 spiro atoms. The van der Waals surface area contributed by atoms with Crippen LogP contribution in [0.25, 0.3) is 0 Å². The SMILES string of the molecule is Cc1nn(C)cc1NS(=O)(=O)Cc1ccccc1N. The Hall–Kier alpha value is -2.02. The Kier molecular flexibility index (Phi) is 3.48. The monoisotopic (exact) mass is 280 g/mol. The molecule has 0 fully saturated rings. The molecule has 1 heterocycles. The molecular weight excluding hydrogens is 264 g/mol. The lowest BCUT2D eigenvalue weighted by Crippen LogP contribution is -2.16. The number of para-hydroxylation sites is 1. The van der Waals surface area contributed by atoms with Gasteiger partial charge in [-0.15, -0.1) is 0 Å². The molecule has 0 aliphatic carbocycles. The van der Waals surface area contributed by atoms with E-state index < -0.39 is 10.0 Å². The third-order valence-electron chi connectivity index (χ3n) is 2.68. The van der Waals surface area contributed by atoms with Crippen molar-refractivity contribution in [2.24, 2.45) is 7.05 Å². The summed E-state index contributed by atoms with van der Waals surface area (Å²) in [6.45, 7) is 1.74. The number of nitrogens with zero attached hydrogens (tertiary/aromatic N) is 2. The molecule has 2 aromatic rings. The molecule has 7 heteroatoms. The van der Waals surface area contributed by atoms with Crippen molar-refractivity contribution in [3.8, 4) is 0 Å². The van der Waals surface area contributed by atoms with Gasteiger partial charge < -0.3 is 5.73 Å². The van der Waals surface area contributed by atoms with Crippen LogP contribution in [0.15, 0.2) is 30.5 Å². The number of nitrogens with two attached hydrogens (primary N) is 1. The van der Waals surface area contributed by atoms with Crippen LogP contribution in [0.4, 0.5) is 11.4 Å². The number of hydrogen-bond acceptors (Lipinski definition) is 4. The lowest BCUT2D eigenvalue weighted by atomic mass is 10.2. The molecule has 0 aliphatic heterocycles. The Morgan fingerprint density at radius 3 is 2.63 bits per heavy atom. The number of hydrogen-bond donors (Lipinski definition) is 2. The molecule has 0 saturated carbocycles. The van der Waals surface area contributed by atoms with Gasteiger partial charge in [-0.05, 0) is 18.6 Å². The smallest absolute Gasteiger partial charge is 0.237 e. The van der Waals surface area contributed by atoms with Crippen molar-refractivity contribution < 1.29 is 8.42 Å². The van der Waals surface area contributed by atoms with Crippen molar-refractivity contribution in [3.63, 3.8) is 0 Å². The Bertz CT molecular complexity index is 692. The van der Waals surface area contributed by atoms with Crippen LogP contribution < -0.4 is 10.5 Å². The van der Waals surface area contributed by atoms with E-state index in [-0.39, 0.29) is 5.75 Å². The van der Waals surface area contributed by atoms with E-state index >= 15 is 0 Å². The zero-order valence-corrected chi connectivity index (χ0v) is 11.6.